The summed E-state index contributed by atoms with van der Waals surface area (Å²) in [5, 5.41) is 8.35. The van der Waals surface area contributed by atoms with Gasteiger partial charge >= 0.3 is 0 Å². The van der Waals surface area contributed by atoms with Crippen LogP contribution in [0.2, 0.25) is 0 Å². The molecule has 0 saturated carbocycles. The molecule has 0 aliphatic rings. The van der Waals surface area contributed by atoms with Crippen molar-refractivity contribution in [2.45, 2.75) is 0 Å². The lowest BCUT2D eigenvalue weighted by molar-refractivity contribution is 1.53. The van der Waals surface area contributed by atoms with Crippen molar-refractivity contribution in [2.75, 3.05) is 0 Å². The van der Waals surface area contributed by atoms with Gasteiger partial charge in [0, 0.05) is 6.08 Å². The Morgan fingerprint density at radius 1 is 1.25 bits per heavy atom. The fraction of sp³-hybridized carbons (Fsp3) is 0. The normalized spacial score (nSPS) is 11.8. The summed E-state index contributed by atoms with van der Waals surface area (Å²) in [6, 6.07) is 12.0. The second kappa shape index (κ2) is 7.03. The highest BCUT2D eigenvalue weighted by Crippen LogP contribution is 2.05. The lowest BCUT2D eigenvalue weighted by Crippen LogP contribution is -1.71. The van der Waals surface area contributed by atoms with Crippen molar-refractivity contribution >= 4 is 6.08 Å². The predicted octanol–water partition coefficient (Wildman–Crippen LogP) is 3.89. The fourth-order valence-corrected chi connectivity index (χ4v) is 1.15. The molecular weight excluding hydrogens is 194 g/mol. The maximum atomic E-state index is 8.35. The van der Waals surface area contributed by atoms with Crippen LogP contribution in [0.15, 0.2) is 72.9 Å². The first-order valence-electron chi connectivity index (χ1n) is 4.99. The second-order valence-corrected chi connectivity index (χ2v) is 3.10. The second-order valence-electron chi connectivity index (χ2n) is 3.10. The van der Waals surface area contributed by atoms with Gasteiger partial charge in [0.2, 0.25) is 0 Å². The molecule has 0 N–H and O–H groups in total. The van der Waals surface area contributed by atoms with Crippen molar-refractivity contribution in [1.82, 2.24) is 0 Å². The van der Waals surface area contributed by atoms with Crippen LogP contribution in [0.3, 0.4) is 0 Å². The first-order valence-corrected chi connectivity index (χ1v) is 4.99. The van der Waals surface area contributed by atoms with Gasteiger partial charge in [0.1, 0.15) is 0 Å². The van der Waals surface area contributed by atoms with E-state index in [1.807, 2.05) is 54.6 Å². The van der Waals surface area contributed by atoms with Crippen LogP contribution in [0.25, 0.3) is 6.08 Å². The van der Waals surface area contributed by atoms with Gasteiger partial charge < -0.3 is 0 Å². The van der Waals surface area contributed by atoms with E-state index in [-0.39, 0.29) is 0 Å². The third-order valence-corrected chi connectivity index (χ3v) is 1.96. The van der Waals surface area contributed by atoms with E-state index in [1.165, 1.54) is 6.08 Å². The van der Waals surface area contributed by atoms with Crippen molar-refractivity contribution in [1.29, 1.82) is 5.26 Å². The molecule has 0 saturated heterocycles. The predicted molar refractivity (Wildman–Crippen MR) is 68.5 cm³/mol. The molecular formula is C15H13N. The van der Waals surface area contributed by atoms with Crippen LogP contribution in [0.5, 0.6) is 0 Å². The number of nitrogens with zero attached hydrogens (tertiary/aromatic N) is 1. The number of hydrogen-bond donors (Lipinski definition) is 0. The molecule has 1 aromatic rings. The van der Waals surface area contributed by atoms with E-state index >= 15 is 0 Å². The SMILES string of the molecule is C=CC(C=Cc1ccccc1)=CC=CC#N. The van der Waals surface area contributed by atoms with E-state index in [9.17, 15) is 0 Å². The third-order valence-electron chi connectivity index (χ3n) is 1.96. The van der Waals surface area contributed by atoms with E-state index in [2.05, 4.69) is 6.58 Å². The Morgan fingerprint density at radius 3 is 2.62 bits per heavy atom. The zero-order valence-corrected chi connectivity index (χ0v) is 9.01. The molecule has 0 fully saturated rings. The summed E-state index contributed by atoms with van der Waals surface area (Å²) in [5.41, 5.74) is 2.11. The van der Waals surface area contributed by atoms with Gasteiger partial charge in [-0.15, -0.1) is 0 Å². The Hall–Kier alpha value is -2.33. The summed E-state index contributed by atoms with van der Waals surface area (Å²) < 4.78 is 0. The van der Waals surface area contributed by atoms with Crippen LogP contribution in [0.1, 0.15) is 5.56 Å². The van der Waals surface area contributed by atoms with Crippen LogP contribution < -0.4 is 0 Å². The maximum Gasteiger partial charge on any atom is 0.0912 e. The van der Waals surface area contributed by atoms with Gasteiger partial charge in [0.25, 0.3) is 0 Å². The minimum atomic E-state index is 0.968. The molecule has 0 unspecified atom stereocenters. The van der Waals surface area contributed by atoms with Crippen LogP contribution in [0.4, 0.5) is 0 Å². The average Bonchev–Trinajstić information content (AvgIpc) is 2.35. The first kappa shape index (κ1) is 11.7. The molecule has 0 bridgehead atoms. The highest BCUT2D eigenvalue weighted by molar-refractivity contribution is 5.54. The molecule has 0 atom stereocenters. The zero-order valence-electron chi connectivity index (χ0n) is 9.01. The lowest BCUT2D eigenvalue weighted by atomic mass is 10.1. The summed E-state index contributed by atoms with van der Waals surface area (Å²) >= 11 is 0. The molecule has 0 radical (unpaired) electrons. The van der Waals surface area contributed by atoms with Crippen LogP contribution in [-0.2, 0) is 0 Å². The third kappa shape index (κ3) is 4.26. The topological polar surface area (TPSA) is 23.8 Å². The van der Waals surface area contributed by atoms with Crippen molar-refractivity contribution in [3.63, 3.8) is 0 Å². The van der Waals surface area contributed by atoms with E-state index in [0.29, 0.717) is 0 Å². The molecule has 0 aliphatic heterocycles. The summed E-state index contributed by atoms with van der Waals surface area (Å²) in [4.78, 5) is 0. The molecule has 0 aromatic heterocycles. The van der Waals surface area contributed by atoms with Gasteiger partial charge in [0.05, 0.1) is 6.07 Å². The summed E-state index contributed by atoms with van der Waals surface area (Å²) in [6.07, 6.45) is 10.7. The minimum absolute atomic E-state index is 0.968. The Balaban J connectivity index is 2.75. The van der Waals surface area contributed by atoms with Crippen molar-refractivity contribution in [3.05, 3.63) is 78.4 Å². The molecule has 0 spiro atoms. The van der Waals surface area contributed by atoms with E-state index in [0.717, 1.165) is 11.1 Å². The van der Waals surface area contributed by atoms with E-state index < -0.39 is 0 Å². The van der Waals surface area contributed by atoms with Gasteiger partial charge in [-0.2, -0.15) is 5.26 Å². The molecule has 78 valence electrons. The molecule has 1 rings (SSSR count). The Labute approximate surface area is 96.4 Å². The number of rotatable bonds is 4. The first-order chi connectivity index (χ1) is 7.86. The number of benzene rings is 1. The van der Waals surface area contributed by atoms with E-state index in [1.54, 1.807) is 12.2 Å². The Morgan fingerprint density at radius 2 is 2.00 bits per heavy atom. The summed E-state index contributed by atoms with van der Waals surface area (Å²) in [7, 11) is 0. The minimum Gasteiger partial charge on any atom is -0.193 e. The van der Waals surface area contributed by atoms with Crippen LogP contribution >= 0.6 is 0 Å². The molecule has 16 heavy (non-hydrogen) atoms. The quantitative estimate of drug-likeness (QED) is 0.542. The lowest BCUT2D eigenvalue weighted by Gasteiger charge is -1.92. The van der Waals surface area contributed by atoms with Gasteiger partial charge in [-0.05, 0) is 11.1 Å². The fourth-order valence-electron chi connectivity index (χ4n) is 1.15. The van der Waals surface area contributed by atoms with Crippen LogP contribution in [0, 0.1) is 11.3 Å². The monoisotopic (exact) mass is 207 g/mol. The maximum absolute atomic E-state index is 8.35. The summed E-state index contributed by atoms with van der Waals surface area (Å²) in [6.45, 7) is 3.72. The largest absolute Gasteiger partial charge is 0.193 e. The van der Waals surface area contributed by atoms with Crippen molar-refractivity contribution in [3.8, 4) is 6.07 Å². The Kier molecular flexibility index (Phi) is 5.16. The van der Waals surface area contributed by atoms with E-state index in [4.69, 9.17) is 5.26 Å². The Bertz CT molecular complexity index is 456. The standard InChI is InChI=1S/C15H13N/c1-2-14(8-6-7-13-16)11-12-15-9-4-3-5-10-15/h2-12H,1H2. The smallest absolute Gasteiger partial charge is 0.0912 e. The number of allylic oxidation sites excluding steroid dienone is 6. The number of hydrogen-bond acceptors (Lipinski definition) is 1. The number of nitriles is 1. The highest BCUT2D eigenvalue weighted by atomic mass is 14.2. The highest BCUT2D eigenvalue weighted by Gasteiger charge is 1.84. The van der Waals surface area contributed by atoms with Gasteiger partial charge in [0.15, 0.2) is 0 Å². The molecule has 1 heteroatoms. The average molecular weight is 207 g/mol. The molecule has 0 heterocycles. The van der Waals surface area contributed by atoms with Crippen LogP contribution in [-0.4, -0.2) is 0 Å². The molecule has 1 nitrogen and oxygen atoms in total. The van der Waals surface area contributed by atoms with Crippen molar-refractivity contribution in [2.24, 2.45) is 0 Å². The van der Waals surface area contributed by atoms with Gasteiger partial charge in [-0.25, -0.2) is 0 Å². The van der Waals surface area contributed by atoms with Gasteiger partial charge in [-0.1, -0.05) is 67.3 Å². The molecule has 1 aromatic carbocycles. The molecule has 0 amide bonds. The van der Waals surface area contributed by atoms with Crippen molar-refractivity contribution < 1.29 is 0 Å². The summed E-state index contributed by atoms with van der Waals surface area (Å²) in [5.74, 6) is 0. The van der Waals surface area contributed by atoms with Gasteiger partial charge in [-0.3, -0.25) is 0 Å². The zero-order chi connectivity index (χ0) is 11.6. The molecule has 0 aliphatic carbocycles.